The molecular formula is C27H38N2O5. The molecule has 2 atom stereocenters. The van der Waals surface area contributed by atoms with Gasteiger partial charge in [0.2, 0.25) is 11.8 Å². The highest BCUT2D eigenvalue weighted by Gasteiger charge is 2.29. The van der Waals surface area contributed by atoms with E-state index in [-0.39, 0.29) is 17.9 Å². The Hall–Kier alpha value is -3.22. The van der Waals surface area contributed by atoms with Gasteiger partial charge >= 0.3 is 0 Å². The van der Waals surface area contributed by atoms with Crippen molar-refractivity contribution < 1.29 is 23.8 Å². The molecule has 7 nitrogen and oxygen atoms in total. The molecule has 2 rings (SSSR count). The molecule has 0 bridgehead atoms. The van der Waals surface area contributed by atoms with Crippen LogP contribution in [-0.2, 0) is 16.1 Å². The third-order valence-corrected chi connectivity index (χ3v) is 5.76. The normalized spacial score (nSPS) is 12.4. The molecule has 0 heterocycles. The number of hydrogen-bond donors (Lipinski definition) is 1. The summed E-state index contributed by atoms with van der Waals surface area (Å²) in [7, 11) is 3.23. The number of nitrogens with one attached hydrogen (secondary N) is 1. The quantitative estimate of drug-likeness (QED) is 0.409. The molecule has 1 N–H and O–H groups in total. The van der Waals surface area contributed by atoms with Gasteiger partial charge in [0, 0.05) is 19.0 Å². The van der Waals surface area contributed by atoms with E-state index in [1.807, 2.05) is 69.3 Å². The maximum Gasteiger partial charge on any atom is 0.243 e. The lowest BCUT2D eigenvalue weighted by atomic mass is 10.1. The van der Waals surface area contributed by atoms with E-state index in [9.17, 15) is 9.59 Å². The third kappa shape index (κ3) is 8.28. The predicted molar refractivity (Wildman–Crippen MR) is 133 cm³/mol. The van der Waals surface area contributed by atoms with Gasteiger partial charge in [-0.15, -0.1) is 0 Å². The first-order valence-electron chi connectivity index (χ1n) is 11.9. The van der Waals surface area contributed by atoms with Crippen LogP contribution in [0.1, 0.15) is 52.0 Å². The van der Waals surface area contributed by atoms with Crippen LogP contribution in [-0.4, -0.2) is 49.6 Å². The average molecular weight is 471 g/mol. The fraction of sp³-hybridized carbons (Fsp3) is 0.481. The topological polar surface area (TPSA) is 77.1 Å². The van der Waals surface area contributed by atoms with Crippen LogP contribution in [0.15, 0.2) is 48.5 Å². The van der Waals surface area contributed by atoms with E-state index in [1.165, 1.54) is 0 Å². The summed E-state index contributed by atoms with van der Waals surface area (Å²) in [5.41, 5.74) is 0.943. The predicted octanol–water partition coefficient (Wildman–Crippen LogP) is 4.58. The lowest BCUT2D eigenvalue weighted by Crippen LogP contribution is -2.50. The van der Waals surface area contributed by atoms with Gasteiger partial charge in [0.05, 0.1) is 20.8 Å². The van der Waals surface area contributed by atoms with Gasteiger partial charge in [-0.3, -0.25) is 9.59 Å². The van der Waals surface area contributed by atoms with Gasteiger partial charge in [0.1, 0.15) is 23.3 Å². The summed E-state index contributed by atoms with van der Waals surface area (Å²) in [5.74, 6) is 2.05. The van der Waals surface area contributed by atoms with Crippen molar-refractivity contribution in [1.29, 1.82) is 0 Å². The van der Waals surface area contributed by atoms with Crippen molar-refractivity contribution >= 4 is 11.8 Å². The van der Waals surface area contributed by atoms with Crippen LogP contribution >= 0.6 is 0 Å². The van der Waals surface area contributed by atoms with E-state index in [2.05, 4.69) is 5.32 Å². The Morgan fingerprint density at radius 1 is 0.882 bits per heavy atom. The lowest BCUT2D eigenvalue weighted by molar-refractivity contribution is -0.141. The molecule has 2 amide bonds. The van der Waals surface area contributed by atoms with Gasteiger partial charge < -0.3 is 24.4 Å². The number of benzene rings is 2. The molecule has 0 saturated carbocycles. The summed E-state index contributed by atoms with van der Waals surface area (Å²) in [6.45, 7) is 6.69. The minimum absolute atomic E-state index is 0.0531. The Labute approximate surface area is 203 Å². The summed E-state index contributed by atoms with van der Waals surface area (Å²) in [4.78, 5) is 27.9. The third-order valence-electron chi connectivity index (χ3n) is 5.76. The second-order valence-electron chi connectivity index (χ2n) is 8.24. The van der Waals surface area contributed by atoms with E-state index in [0.717, 1.165) is 29.2 Å². The second kappa shape index (κ2) is 14.1. The van der Waals surface area contributed by atoms with Crippen LogP contribution in [0.5, 0.6) is 17.2 Å². The number of methoxy groups -OCH3 is 2. The molecule has 0 radical (unpaired) electrons. The minimum Gasteiger partial charge on any atom is -0.497 e. The van der Waals surface area contributed by atoms with Crippen molar-refractivity contribution in [2.75, 3.05) is 20.8 Å². The number of amides is 2. The van der Waals surface area contributed by atoms with E-state index in [4.69, 9.17) is 14.2 Å². The maximum atomic E-state index is 13.3. The van der Waals surface area contributed by atoms with Gasteiger partial charge in [-0.2, -0.15) is 0 Å². The Morgan fingerprint density at radius 2 is 1.44 bits per heavy atom. The first kappa shape index (κ1) is 27.0. The molecule has 7 heteroatoms. The molecule has 186 valence electrons. The highest BCUT2D eigenvalue weighted by Crippen LogP contribution is 2.19. The van der Waals surface area contributed by atoms with Gasteiger partial charge in [0.25, 0.3) is 0 Å². The van der Waals surface area contributed by atoms with Crippen LogP contribution in [0, 0.1) is 0 Å². The molecule has 0 saturated heterocycles. The fourth-order valence-corrected chi connectivity index (χ4v) is 3.52. The number of rotatable bonds is 14. The Morgan fingerprint density at radius 3 is 1.97 bits per heavy atom. The van der Waals surface area contributed by atoms with Crippen molar-refractivity contribution in [2.45, 2.75) is 65.1 Å². The van der Waals surface area contributed by atoms with Gasteiger partial charge in [-0.25, -0.2) is 0 Å². The lowest BCUT2D eigenvalue weighted by Gasteiger charge is -2.31. The zero-order chi connectivity index (χ0) is 24.9. The van der Waals surface area contributed by atoms with E-state index in [0.29, 0.717) is 32.4 Å². The first-order valence-corrected chi connectivity index (χ1v) is 11.9. The molecule has 0 aliphatic rings. The van der Waals surface area contributed by atoms with Crippen molar-refractivity contribution in [1.82, 2.24) is 10.2 Å². The number of carbonyl (C=O) groups is 2. The number of nitrogens with zero attached hydrogens (tertiary/aromatic N) is 1. The van der Waals surface area contributed by atoms with E-state index in [1.54, 1.807) is 19.1 Å². The van der Waals surface area contributed by atoms with Crippen LogP contribution < -0.4 is 19.5 Å². The zero-order valence-electron chi connectivity index (χ0n) is 21.0. The van der Waals surface area contributed by atoms with Crippen LogP contribution in [0.2, 0.25) is 0 Å². The summed E-state index contributed by atoms with van der Waals surface area (Å²) < 4.78 is 16.1. The SMILES string of the molecule is CC[C@@H](C)NC(=O)[C@@H](CC)N(Cc1ccc(OC)cc1)C(=O)CCCOc1ccc(OC)cc1. The Balaban J connectivity index is 2.05. The van der Waals surface area contributed by atoms with Gasteiger partial charge in [-0.1, -0.05) is 26.0 Å². The standard InChI is InChI=1S/C27H38N2O5/c1-6-20(3)28-27(31)25(7-2)29(19-21-10-12-22(32-4)13-11-21)26(30)9-8-18-34-24-16-14-23(33-5)15-17-24/h10-17,20,25H,6-9,18-19H2,1-5H3,(H,28,31)/t20-,25-/m1/s1. The second-order valence-corrected chi connectivity index (χ2v) is 8.24. The van der Waals surface area contributed by atoms with E-state index < -0.39 is 6.04 Å². The average Bonchev–Trinajstić information content (AvgIpc) is 2.86. The summed E-state index contributed by atoms with van der Waals surface area (Å²) in [6, 6.07) is 14.4. The van der Waals surface area contributed by atoms with Crippen molar-refractivity contribution in [3.05, 3.63) is 54.1 Å². The minimum atomic E-state index is -0.536. The molecule has 0 fully saturated rings. The Kier molecular flexibility index (Phi) is 11.2. The van der Waals surface area contributed by atoms with Crippen molar-refractivity contribution in [2.24, 2.45) is 0 Å². The number of hydrogen-bond acceptors (Lipinski definition) is 5. The largest absolute Gasteiger partial charge is 0.497 e. The smallest absolute Gasteiger partial charge is 0.243 e. The molecule has 0 spiro atoms. The molecule has 2 aromatic rings. The van der Waals surface area contributed by atoms with E-state index >= 15 is 0 Å². The number of ether oxygens (including phenoxy) is 3. The molecule has 0 aliphatic heterocycles. The molecule has 2 aromatic carbocycles. The highest BCUT2D eigenvalue weighted by atomic mass is 16.5. The first-order chi connectivity index (χ1) is 16.4. The summed E-state index contributed by atoms with van der Waals surface area (Å²) in [5, 5.41) is 3.03. The molecule has 0 aromatic heterocycles. The highest BCUT2D eigenvalue weighted by molar-refractivity contribution is 5.87. The van der Waals surface area contributed by atoms with Crippen LogP contribution in [0.4, 0.5) is 0 Å². The summed E-state index contributed by atoms with van der Waals surface area (Å²) in [6.07, 6.45) is 2.20. The molecule has 34 heavy (non-hydrogen) atoms. The zero-order valence-corrected chi connectivity index (χ0v) is 21.0. The number of carbonyl (C=O) groups excluding carboxylic acids is 2. The van der Waals surface area contributed by atoms with Crippen LogP contribution in [0.3, 0.4) is 0 Å². The monoisotopic (exact) mass is 470 g/mol. The van der Waals surface area contributed by atoms with Crippen LogP contribution in [0.25, 0.3) is 0 Å². The van der Waals surface area contributed by atoms with Crippen molar-refractivity contribution in [3.63, 3.8) is 0 Å². The molecule has 0 unspecified atom stereocenters. The van der Waals surface area contributed by atoms with Gasteiger partial charge in [0.15, 0.2) is 0 Å². The Bertz CT molecular complexity index is 883. The fourth-order valence-electron chi connectivity index (χ4n) is 3.52. The molecule has 0 aliphatic carbocycles. The van der Waals surface area contributed by atoms with Crippen molar-refractivity contribution in [3.8, 4) is 17.2 Å². The molecular weight excluding hydrogens is 432 g/mol. The maximum absolute atomic E-state index is 13.3. The van der Waals surface area contributed by atoms with Gasteiger partial charge in [-0.05, 0) is 68.1 Å². The summed E-state index contributed by atoms with van der Waals surface area (Å²) >= 11 is 0.